The van der Waals surface area contributed by atoms with Gasteiger partial charge in [0.15, 0.2) is 0 Å². The van der Waals surface area contributed by atoms with Crippen molar-refractivity contribution in [2.24, 2.45) is 0 Å². The highest BCUT2D eigenvalue weighted by Gasteiger charge is 2.33. The second-order valence-electron chi connectivity index (χ2n) is 3.48. The average Bonchev–Trinajstić information content (AvgIpc) is 2.15. The maximum Gasteiger partial charge on any atom is 0.573 e. The van der Waals surface area contributed by atoms with Crippen molar-refractivity contribution in [2.45, 2.75) is 20.2 Å². The van der Waals surface area contributed by atoms with Crippen LogP contribution in [0.15, 0.2) is 24.8 Å². The third-order valence-corrected chi connectivity index (χ3v) is 2.02. The first kappa shape index (κ1) is 12.6. The summed E-state index contributed by atoms with van der Waals surface area (Å²) in [6, 6.07) is 4.78. The number of halogens is 3. The molecular weight excluding hydrogens is 217 g/mol. The fourth-order valence-corrected chi connectivity index (χ4v) is 1.34. The molecule has 0 saturated carbocycles. The molecule has 0 saturated heterocycles. The van der Waals surface area contributed by atoms with E-state index in [0.29, 0.717) is 11.1 Å². The van der Waals surface area contributed by atoms with Crippen LogP contribution in [0.1, 0.15) is 25.0 Å². The van der Waals surface area contributed by atoms with Crippen LogP contribution in [0, 0.1) is 5.92 Å². The zero-order chi connectivity index (χ0) is 12.3. The third kappa shape index (κ3) is 3.02. The minimum absolute atomic E-state index is 0.190. The van der Waals surface area contributed by atoms with Crippen LogP contribution in [-0.2, 0) is 0 Å². The Balaban J connectivity index is 3.25. The Labute approximate surface area is 92.5 Å². The number of alkyl halides is 3. The quantitative estimate of drug-likeness (QED) is 0.755. The lowest BCUT2D eigenvalue weighted by molar-refractivity contribution is -0.274. The molecule has 1 aromatic carbocycles. The number of benzene rings is 1. The summed E-state index contributed by atoms with van der Waals surface area (Å²) in [5.41, 5.74) is 0.769. The molecule has 1 radical (unpaired) electrons. The van der Waals surface area contributed by atoms with E-state index in [4.69, 9.17) is 0 Å². The van der Waals surface area contributed by atoms with Crippen molar-refractivity contribution in [2.75, 3.05) is 0 Å². The Morgan fingerprint density at radius 3 is 2.38 bits per heavy atom. The van der Waals surface area contributed by atoms with E-state index in [1.807, 2.05) is 0 Å². The first-order chi connectivity index (χ1) is 7.35. The van der Waals surface area contributed by atoms with Crippen molar-refractivity contribution in [1.29, 1.82) is 0 Å². The van der Waals surface area contributed by atoms with Gasteiger partial charge in [-0.15, -0.1) is 13.2 Å². The Kier molecular flexibility index (Phi) is 3.62. The molecule has 1 aromatic rings. The van der Waals surface area contributed by atoms with Gasteiger partial charge in [-0.2, -0.15) is 0 Å². The van der Waals surface area contributed by atoms with Crippen molar-refractivity contribution < 1.29 is 17.9 Å². The van der Waals surface area contributed by atoms with E-state index in [2.05, 4.69) is 11.3 Å². The summed E-state index contributed by atoms with van der Waals surface area (Å²) in [7, 11) is 0. The zero-order valence-electron chi connectivity index (χ0n) is 9.06. The van der Waals surface area contributed by atoms with E-state index in [1.54, 1.807) is 26.0 Å². The van der Waals surface area contributed by atoms with Gasteiger partial charge in [-0.05, 0) is 0 Å². The fourth-order valence-electron chi connectivity index (χ4n) is 1.34. The normalized spacial score (nSPS) is 11.6. The second kappa shape index (κ2) is 4.60. The predicted octanol–water partition coefficient (Wildman–Crippen LogP) is 4.19. The summed E-state index contributed by atoms with van der Waals surface area (Å²) in [5, 5.41) is 0. The highest BCUT2D eigenvalue weighted by atomic mass is 19.4. The summed E-state index contributed by atoms with van der Waals surface area (Å²) < 4.78 is 40.7. The summed E-state index contributed by atoms with van der Waals surface area (Å²) >= 11 is 0. The van der Waals surface area contributed by atoms with Crippen molar-refractivity contribution in [3.8, 4) is 5.75 Å². The van der Waals surface area contributed by atoms with E-state index in [1.165, 1.54) is 12.1 Å². The highest BCUT2D eigenvalue weighted by molar-refractivity contribution is 5.61. The van der Waals surface area contributed by atoms with E-state index in [9.17, 15) is 13.2 Å². The Morgan fingerprint density at radius 2 is 1.94 bits per heavy atom. The fraction of sp³-hybridized carbons (Fsp3) is 0.250. The molecule has 1 nitrogen and oxygen atoms in total. The van der Waals surface area contributed by atoms with Gasteiger partial charge in [0.05, 0.1) is 0 Å². The van der Waals surface area contributed by atoms with E-state index in [-0.39, 0.29) is 5.75 Å². The Bertz CT molecular complexity index is 380. The molecule has 0 fully saturated rings. The van der Waals surface area contributed by atoms with Crippen LogP contribution >= 0.6 is 0 Å². The summed E-state index contributed by atoms with van der Waals surface area (Å²) in [6.45, 7) is 6.92. The van der Waals surface area contributed by atoms with Crippen molar-refractivity contribution >= 4 is 6.08 Å². The van der Waals surface area contributed by atoms with Crippen molar-refractivity contribution in [1.82, 2.24) is 0 Å². The molecule has 1 rings (SSSR count). The van der Waals surface area contributed by atoms with Gasteiger partial charge in [0, 0.05) is 17.0 Å². The SMILES string of the molecule is C=Cc1cccc([C](C)C)c1OC(F)(F)F. The average molecular weight is 229 g/mol. The lowest BCUT2D eigenvalue weighted by Gasteiger charge is -2.17. The zero-order valence-corrected chi connectivity index (χ0v) is 9.06. The van der Waals surface area contributed by atoms with Gasteiger partial charge in [0.1, 0.15) is 5.75 Å². The lowest BCUT2D eigenvalue weighted by Crippen LogP contribution is -2.19. The molecule has 0 aliphatic carbocycles. The monoisotopic (exact) mass is 229 g/mol. The molecule has 0 unspecified atom stereocenters. The molecule has 0 spiro atoms. The van der Waals surface area contributed by atoms with Crippen LogP contribution in [0.2, 0.25) is 0 Å². The van der Waals surface area contributed by atoms with E-state index >= 15 is 0 Å². The van der Waals surface area contributed by atoms with E-state index < -0.39 is 6.36 Å². The number of hydrogen-bond acceptors (Lipinski definition) is 1. The first-order valence-electron chi connectivity index (χ1n) is 4.67. The molecule has 0 aliphatic heterocycles. The molecule has 0 aromatic heterocycles. The molecule has 0 bridgehead atoms. The van der Waals surface area contributed by atoms with Crippen molar-refractivity contribution in [3.05, 3.63) is 41.8 Å². The standard InChI is InChI=1S/C12H12F3O/c1-4-9-6-5-7-10(8(2)3)11(9)16-12(13,14)15/h4-7H,1H2,2-3H3. The maximum absolute atomic E-state index is 12.2. The van der Waals surface area contributed by atoms with Crippen LogP contribution < -0.4 is 4.74 Å². The molecule has 0 heterocycles. The molecule has 0 N–H and O–H groups in total. The van der Waals surface area contributed by atoms with E-state index in [0.717, 1.165) is 5.92 Å². The van der Waals surface area contributed by atoms with Crippen LogP contribution in [0.5, 0.6) is 5.75 Å². The van der Waals surface area contributed by atoms with Crippen molar-refractivity contribution in [3.63, 3.8) is 0 Å². The molecule has 0 atom stereocenters. The van der Waals surface area contributed by atoms with Gasteiger partial charge >= 0.3 is 6.36 Å². The van der Waals surface area contributed by atoms with Gasteiger partial charge in [-0.1, -0.05) is 44.7 Å². The summed E-state index contributed by atoms with van der Waals surface area (Å²) in [5.74, 6) is 0.563. The number of ether oxygens (including phenoxy) is 1. The largest absolute Gasteiger partial charge is 0.573 e. The minimum Gasteiger partial charge on any atom is -0.405 e. The number of rotatable bonds is 3. The van der Waals surface area contributed by atoms with Gasteiger partial charge in [-0.3, -0.25) is 0 Å². The van der Waals surface area contributed by atoms with Crippen LogP contribution in [0.25, 0.3) is 6.08 Å². The van der Waals surface area contributed by atoms with Crippen LogP contribution in [0.3, 0.4) is 0 Å². The topological polar surface area (TPSA) is 9.23 Å². The summed E-state index contributed by atoms with van der Waals surface area (Å²) in [4.78, 5) is 0. The Hall–Kier alpha value is -1.45. The summed E-state index contributed by atoms with van der Waals surface area (Å²) in [6.07, 6.45) is -3.35. The third-order valence-electron chi connectivity index (χ3n) is 2.02. The number of hydrogen-bond donors (Lipinski definition) is 0. The molecule has 0 aliphatic rings. The lowest BCUT2D eigenvalue weighted by atomic mass is 9.99. The van der Waals surface area contributed by atoms with Gasteiger partial charge in [0.2, 0.25) is 0 Å². The first-order valence-corrected chi connectivity index (χ1v) is 4.67. The predicted molar refractivity (Wildman–Crippen MR) is 56.9 cm³/mol. The van der Waals surface area contributed by atoms with Gasteiger partial charge < -0.3 is 4.74 Å². The van der Waals surface area contributed by atoms with Gasteiger partial charge in [-0.25, -0.2) is 0 Å². The Morgan fingerprint density at radius 1 is 1.31 bits per heavy atom. The van der Waals surface area contributed by atoms with Crippen LogP contribution in [0.4, 0.5) is 13.2 Å². The molecule has 4 heteroatoms. The second-order valence-corrected chi connectivity index (χ2v) is 3.48. The molecule has 16 heavy (non-hydrogen) atoms. The molecule has 87 valence electrons. The molecule has 0 amide bonds. The molecular formula is C12H12F3O. The highest BCUT2D eigenvalue weighted by Crippen LogP contribution is 2.34. The van der Waals surface area contributed by atoms with Gasteiger partial charge in [0.25, 0.3) is 0 Å². The smallest absolute Gasteiger partial charge is 0.405 e. The minimum atomic E-state index is -4.69. The number of para-hydroxylation sites is 1. The van der Waals surface area contributed by atoms with Crippen LogP contribution in [-0.4, -0.2) is 6.36 Å². The maximum atomic E-state index is 12.2.